The molecule has 2 rings (SSSR count). The van der Waals surface area contributed by atoms with Gasteiger partial charge in [0.2, 0.25) is 0 Å². The first-order valence-corrected chi connectivity index (χ1v) is 5.56. The summed E-state index contributed by atoms with van der Waals surface area (Å²) in [5.74, 6) is 0.126. The Morgan fingerprint density at radius 1 is 1.44 bits per heavy atom. The number of methoxy groups -OCH3 is 1. The van der Waals surface area contributed by atoms with Gasteiger partial charge >= 0.3 is 0 Å². The molecular formula is C13H17NO2. The van der Waals surface area contributed by atoms with E-state index in [1.54, 1.807) is 14.2 Å². The van der Waals surface area contributed by atoms with Gasteiger partial charge in [0.05, 0.1) is 12.1 Å². The van der Waals surface area contributed by atoms with Gasteiger partial charge in [-0.1, -0.05) is 24.3 Å². The van der Waals surface area contributed by atoms with E-state index in [2.05, 4.69) is 5.32 Å². The van der Waals surface area contributed by atoms with Crippen LogP contribution in [0.15, 0.2) is 24.3 Å². The number of hydrogen-bond donors (Lipinski definition) is 1. The van der Waals surface area contributed by atoms with Gasteiger partial charge in [-0.3, -0.25) is 4.79 Å². The number of nitrogens with one attached hydrogen (secondary N) is 1. The molecule has 0 aliphatic heterocycles. The second kappa shape index (κ2) is 4.36. The zero-order valence-electron chi connectivity index (χ0n) is 9.75. The van der Waals surface area contributed by atoms with Gasteiger partial charge < -0.3 is 10.1 Å². The lowest BCUT2D eigenvalue weighted by Crippen LogP contribution is -2.22. The molecule has 1 aliphatic rings. The minimum atomic E-state index is -0.194. The number of ether oxygens (including phenoxy) is 1. The molecule has 1 saturated carbocycles. The highest BCUT2D eigenvalue weighted by Crippen LogP contribution is 2.49. The number of Topliss-reactive ketones (excluding diaryl/α,β-unsaturated/α-hetero) is 1. The number of benzene rings is 1. The van der Waals surface area contributed by atoms with Gasteiger partial charge in [0.1, 0.15) is 0 Å². The van der Waals surface area contributed by atoms with Gasteiger partial charge in [-0.05, 0) is 25.5 Å². The van der Waals surface area contributed by atoms with Crippen LogP contribution in [0.5, 0.6) is 0 Å². The lowest BCUT2D eigenvalue weighted by molar-refractivity contribution is 0.0764. The van der Waals surface area contributed by atoms with Crippen molar-refractivity contribution in [1.29, 1.82) is 0 Å². The van der Waals surface area contributed by atoms with Crippen LogP contribution in [-0.2, 0) is 10.3 Å². The lowest BCUT2D eigenvalue weighted by Gasteiger charge is -2.17. The van der Waals surface area contributed by atoms with Crippen molar-refractivity contribution in [3.63, 3.8) is 0 Å². The molecule has 3 nitrogen and oxygen atoms in total. The average molecular weight is 219 g/mol. The predicted molar refractivity (Wildman–Crippen MR) is 62.6 cm³/mol. The summed E-state index contributed by atoms with van der Waals surface area (Å²) >= 11 is 0. The molecule has 16 heavy (non-hydrogen) atoms. The maximum atomic E-state index is 11.9. The summed E-state index contributed by atoms with van der Waals surface area (Å²) in [7, 11) is 3.50. The van der Waals surface area contributed by atoms with Gasteiger partial charge in [0, 0.05) is 12.7 Å². The van der Waals surface area contributed by atoms with Gasteiger partial charge in [0.25, 0.3) is 0 Å². The van der Waals surface area contributed by atoms with Gasteiger partial charge in [-0.15, -0.1) is 0 Å². The molecule has 1 aromatic carbocycles. The van der Waals surface area contributed by atoms with E-state index in [0.29, 0.717) is 6.54 Å². The fraction of sp³-hybridized carbons (Fsp3) is 0.462. The summed E-state index contributed by atoms with van der Waals surface area (Å²) in [5, 5.41) is 2.89. The summed E-state index contributed by atoms with van der Waals surface area (Å²) < 4.78 is 5.53. The number of rotatable bonds is 5. The van der Waals surface area contributed by atoms with E-state index >= 15 is 0 Å². The van der Waals surface area contributed by atoms with Crippen molar-refractivity contribution >= 4 is 5.78 Å². The molecule has 0 unspecified atom stereocenters. The van der Waals surface area contributed by atoms with E-state index in [0.717, 1.165) is 24.0 Å². The van der Waals surface area contributed by atoms with Crippen LogP contribution in [0.1, 0.15) is 28.8 Å². The Hall–Kier alpha value is -1.19. The zero-order chi connectivity index (χ0) is 11.6. The molecule has 1 fully saturated rings. The first-order valence-electron chi connectivity index (χ1n) is 5.56. The minimum absolute atomic E-state index is 0.126. The molecule has 3 heteroatoms. The molecule has 0 amide bonds. The molecule has 0 atom stereocenters. The van der Waals surface area contributed by atoms with Gasteiger partial charge in [0.15, 0.2) is 5.78 Å². The van der Waals surface area contributed by atoms with E-state index in [4.69, 9.17) is 4.74 Å². The van der Waals surface area contributed by atoms with Crippen molar-refractivity contribution in [3.05, 3.63) is 35.4 Å². The van der Waals surface area contributed by atoms with E-state index in [1.165, 1.54) is 0 Å². The van der Waals surface area contributed by atoms with Crippen LogP contribution < -0.4 is 5.32 Å². The Morgan fingerprint density at radius 3 is 2.69 bits per heavy atom. The summed E-state index contributed by atoms with van der Waals surface area (Å²) in [6.45, 7) is 0.372. The van der Waals surface area contributed by atoms with Crippen molar-refractivity contribution in [2.45, 2.75) is 18.4 Å². The van der Waals surface area contributed by atoms with Crippen LogP contribution in [-0.4, -0.2) is 26.5 Å². The largest absolute Gasteiger partial charge is 0.374 e. The molecule has 1 aromatic rings. The van der Waals surface area contributed by atoms with E-state index in [9.17, 15) is 4.79 Å². The van der Waals surface area contributed by atoms with Crippen LogP contribution in [0.2, 0.25) is 0 Å². The predicted octanol–water partition coefficient (Wildman–Crippen LogP) is 1.72. The van der Waals surface area contributed by atoms with Crippen LogP contribution in [0.25, 0.3) is 0 Å². The number of carbonyl (C=O) groups excluding carboxylic acids is 1. The van der Waals surface area contributed by atoms with Crippen molar-refractivity contribution in [3.8, 4) is 0 Å². The topological polar surface area (TPSA) is 38.3 Å². The van der Waals surface area contributed by atoms with Crippen LogP contribution >= 0.6 is 0 Å². The standard InChI is InChI=1S/C13H17NO2/c1-14-9-12(15)10-5-3-4-6-11(10)13(16-2)7-8-13/h3-6,14H,7-9H2,1-2H3. The molecule has 0 radical (unpaired) electrons. The van der Waals surface area contributed by atoms with Crippen molar-refractivity contribution in [1.82, 2.24) is 5.32 Å². The molecular weight excluding hydrogens is 202 g/mol. The summed E-state index contributed by atoms with van der Waals surface area (Å²) in [5.41, 5.74) is 1.63. The fourth-order valence-corrected chi connectivity index (χ4v) is 2.08. The fourth-order valence-electron chi connectivity index (χ4n) is 2.08. The summed E-state index contributed by atoms with van der Waals surface area (Å²) in [6, 6.07) is 7.75. The maximum Gasteiger partial charge on any atom is 0.176 e. The quantitative estimate of drug-likeness (QED) is 0.766. The Morgan fingerprint density at radius 2 is 2.12 bits per heavy atom. The van der Waals surface area contributed by atoms with E-state index in [-0.39, 0.29) is 11.4 Å². The highest BCUT2D eigenvalue weighted by atomic mass is 16.5. The van der Waals surface area contributed by atoms with Gasteiger partial charge in [-0.25, -0.2) is 0 Å². The van der Waals surface area contributed by atoms with Crippen molar-refractivity contribution in [2.24, 2.45) is 0 Å². The van der Waals surface area contributed by atoms with E-state index in [1.807, 2.05) is 24.3 Å². The summed E-state index contributed by atoms with van der Waals surface area (Å²) in [6.07, 6.45) is 2.01. The Labute approximate surface area is 95.8 Å². The maximum absolute atomic E-state index is 11.9. The first kappa shape index (κ1) is 11.3. The Balaban J connectivity index is 2.35. The Kier molecular flexibility index (Phi) is 3.08. The molecule has 0 bridgehead atoms. The van der Waals surface area contributed by atoms with E-state index < -0.39 is 0 Å². The molecule has 1 aliphatic carbocycles. The second-order valence-electron chi connectivity index (χ2n) is 4.20. The van der Waals surface area contributed by atoms with Crippen LogP contribution in [0.3, 0.4) is 0 Å². The van der Waals surface area contributed by atoms with Crippen molar-refractivity contribution in [2.75, 3.05) is 20.7 Å². The molecule has 86 valence electrons. The molecule has 0 spiro atoms. The second-order valence-corrected chi connectivity index (χ2v) is 4.20. The third-order valence-electron chi connectivity index (χ3n) is 3.15. The number of likely N-dealkylation sites (N-methyl/N-ethyl adjacent to an activating group) is 1. The highest BCUT2D eigenvalue weighted by molar-refractivity contribution is 5.99. The van der Waals surface area contributed by atoms with Gasteiger partial charge in [-0.2, -0.15) is 0 Å². The normalized spacial score (nSPS) is 17.1. The molecule has 0 saturated heterocycles. The smallest absolute Gasteiger partial charge is 0.176 e. The third-order valence-corrected chi connectivity index (χ3v) is 3.15. The molecule has 0 heterocycles. The Bertz CT molecular complexity index is 397. The number of ketones is 1. The zero-order valence-corrected chi connectivity index (χ0v) is 9.75. The first-order chi connectivity index (χ1) is 7.73. The van der Waals surface area contributed by atoms with Crippen LogP contribution in [0.4, 0.5) is 0 Å². The third kappa shape index (κ3) is 1.88. The lowest BCUT2D eigenvalue weighted by atomic mass is 9.97. The minimum Gasteiger partial charge on any atom is -0.374 e. The number of hydrogen-bond acceptors (Lipinski definition) is 3. The van der Waals surface area contributed by atoms with Crippen LogP contribution in [0, 0.1) is 0 Å². The monoisotopic (exact) mass is 219 g/mol. The highest BCUT2D eigenvalue weighted by Gasteiger charge is 2.46. The average Bonchev–Trinajstić information content (AvgIpc) is 3.10. The molecule has 1 N–H and O–H groups in total. The van der Waals surface area contributed by atoms with Crippen molar-refractivity contribution < 1.29 is 9.53 Å². The summed E-state index contributed by atoms with van der Waals surface area (Å²) in [4.78, 5) is 11.9. The SMILES string of the molecule is CNCC(=O)c1ccccc1C1(OC)CC1. The molecule has 0 aromatic heterocycles. The number of carbonyl (C=O) groups is 1.